The molecule has 3 atom stereocenters. The van der Waals surface area contributed by atoms with E-state index in [4.69, 9.17) is 4.74 Å². The number of likely N-dealkylation sites (tertiary alicyclic amines) is 2. The summed E-state index contributed by atoms with van der Waals surface area (Å²) in [6.45, 7) is 3.84. The first kappa shape index (κ1) is 14.6. The molecule has 0 spiro atoms. The first-order chi connectivity index (χ1) is 11.2. The summed E-state index contributed by atoms with van der Waals surface area (Å²) in [5, 5.41) is 0. The highest BCUT2D eigenvalue weighted by Crippen LogP contribution is 2.34. The monoisotopic (exact) mass is 315 g/mol. The van der Waals surface area contributed by atoms with Gasteiger partial charge >= 0.3 is 0 Å². The molecule has 23 heavy (non-hydrogen) atoms. The minimum absolute atomic E-state index is 0.00424. The first-order valence-corrected chi connectivity index (χ1v) is 8.26. The largest absolute Gasteiger partial charge is 0.381 e. The molecule has 0 aliphatic carbocycles. The molecule has 3 saturated heterocycles. The van der Waals surface area contributed by atoms with Gasteiger partial charge in [-0.1, -0.05) is 6.07 Å². The van der Waals surface area contributed by atoms with Crippen LogP contribution in [0.1, 0.15) is 12.0 Å². The molecule has 2 amide bonds. The molecule has 4 heterocycles. The molecule has 3 aliphatic rings. The zero-order valence-corrected chi connectivity index (χ0v) is 13.1. The van der Waals surface area contributed by atoms with Crippen LogP contribution in [-0.4, -0.2) is 59.4 Å². The smallest absolute Gasteiger partial charge is 0.228 e. The van der Waals surface area contributed by atoms with E-state index in [2.05, 4.69) is 4.98 Å². The molecule has 1 unspecified atom stereocenters. The fourth-order valence-electron chi connectivity index (χ4n) is 3.97. The van der Waals surface area contributed by atoms with E-state index >= 15 is 0 Å². The van der Waals surface area contributed by atoms with Gasteiger partial charge < -0.3 is 14.5 Å². The third-order valence-electron chi connectivity index (χ3n) is 5.21. The van der Waals surface area contributed by atoms with Crippen molar-refractivity contribution in [3.8, 4) is 0 Å². The fourth-order valence-corrected chi connectivity index (χ4v) is 3.97. The van der Waals surface area contributed by atoms with Gasteiger partial charge in [-0.25, -0.2) is 0 Å². The summed E-state index contributed by atoms with van der Waals surface area (Å²) in [5.74, 6) is 0.583. The van der Waals surface area contributed by atoms with Crippen LogP contribution >= 0.6 is 0 Å². The van der Waals surface area contributed by atoms with Crippen molar-refractivity contribution in [2.75, 3.05) is 32.8 Å². The van der Waals surface area contributed by atoms with Crippen molar-refractivity contribution >= 4 is 11.8 Å². The summed E-state index contributed by atoms with van der Waals surface area (Å²) in [6, 6.07) is 3.88. The Kier molecular flexibility index (Phi) is 3.77. The Labute approximate surface area is 135 Å². The number of amides is 2. The van der Waals surface area contributed by atoms with Crippen molar-refractivity contribution in [1.82, 2.24) is 14.8 Å². The molecule has 0 radical (unpaired) electrons. The van der Waals surface area contributed by atoms with Crippen LogP contribution in [-0.2, 0) is 20.9 Å². The van der Waals surface area contributed by atoms with Gasteiger partial charge in [0.2, 0.25) is 11.8 Å². The second-order valence-corrected chi connectivity index (χ2v) is 6.75. The van der Waals surface area contributed by atoms with E-state index in [0.29, 0.717) is 32.8 Å². The molecule has 6 nitrogen and oxygen atoms in total. The Morgan fingerprint density at radius 3 is 2.96 bits per heavy atom. The van der Waals surface area contributed by atoms with Gasteiger partial charge in [0.25, 0.3) is 0 Å². The lowest BCUT2D eigenvalue weighted by molar-refractivity contribution is -0.136. The number of rotatable bonds is 3. The van der Waals surface area contributed by atoms with Crippen LogP contribution in [0.4, 0.5) is 0 Å². The van der Waals surface area contributed by atoms with Crippen molar-refractivity contribution < 1.29 is 14.3 Å². The number of hydrogen-bond donors (Lipinski definition) is 0. The molecule has 0 aromatic carbocycles. The fraction of sp³-hybridized carbons (Fsp3) is 0.588. The van der Waals surface area contributed by atoms with E-state index in [1.165, 1.54) is 0 Å². The Balaban J connectivity index is 1.38. The molecular formula is C17H21N3O3. The number of carbonyl (C=O) groups excluding carboxylic acids is 2. The average molecular weight is 315 g/mol. The van der Waals surface area contributed by atoms with Crippen LogP contribution in [0.25, 0.3) is 0 Å². The molecular weight excluding hydrogens is 294 g/mol. The molecule has 1 aromatic rings. The van der Waals surface area contributed by atoms with Gasteiger partial charge in [0.15, 0.2) is 0 Å². The maximum Gasteiger partial charge on any atom is 0.228 e. The number of ether oxygens (including phenoxy) is 1. The summed E-state index contributed by atoms with van der Waals surface area (Å²) in [7, 11) is 0. The van der Waals surface area contributed by atoms with Gasteiger partial charge in [0, 0.05) is 51.1 Å². The van der Waals surface area contributed by atoms with Crippen LogP contribution in [0.3, 0.4) is 0 Å². The van der Waals surface area contributed by atoms with Crippen molar-refractivity contribution in [1.29, 1.82) is 0 Å². The van der Waals surface area contributed by atoms with E-state index in [1.807, 2.05) is 21.9 Å². The van der Waals surface area contributed by atoms with E-state index in [-0.39, 0.29) is 29.6 Å². The number of pyridine rings is 1. The average Bonchev–Trinajstić information content (AvgIpc) is 3.28. The second-order valence-electron chi connectivity index (χ2n) is 6.75. The Morgan fingerprint density at radius 2 is 2.26 bits per heavy atom. The second kappa shape index (κ2) is 5.92. The molecule has 0 N–H and O–H groups in total. The van der Waals surface area contributed by atoms with Crippen molar-refractivity contribution in [2.24, 2.45) is 17.8 Å². The van der Waals surface area contributed by atoms with Gasteiger partial charge in [-0.3, -0.25) is 14.6 Å². The molecule has 1 aromatic heterocycles. The van der Waals surface area contributed by atoms with E-state index in [9.17, 15) is 9.59 Å². The predicted octanol–water partition coefficient (Wildman–Crippen LogP) is 0.535. The van der Waals surface area contributed by atoms with Crippen LogP contribution < -0.4 is 0 Å². The lowest BCUT2D eigenvalue weighted by atomic mass is 10.0. The van der Waals surface area contributed by atoms with Gasteiger partial charge in [-0.05, 0) is 18.1 Å². The highest BCUT2D eigenvalue weighted by Gasteiger charge is 2.48. The number of nitrogens with zero attached hydrogens (tertiary/aromatic N) is 3. The molecule has 0 bridgehead atoms. The zero-order valence-electron chi connectivity index (χ0n) is 13.1. The van der Waals surface area contributed by atoms with Gasteiger partial charge in [0.1, 0.15) is 0 Å². The Morgan fingerprint density at radius 1 is 1.35 bits per heavy atom. The summed E-state index contributed by atoms with van der Waals surface area (Å²) in [5.41, 5.74) is 1.05. The number of hydrogen-bond acceptors (Lipinski definition) is 4. The maximum atomic E-state index is 12.6. The van der Waals surface area contributed by atoms with Crippen LogP contribution in [0.15, 0.2) is 24.5 Å². The van der Waals surface area contributed by atoms with Crippen molar-refractivity contribution in [2.45, 2.75) is 13.0 Å². The van der Waals surface area contributed by atoms with Gasteiger partial charge in [0.05, 0.1) is 18.4 Å². The highest BCUT2D eigenvalue weighted by atomic mass is 16.5. The predicted molar refractivity (Wildman–Crippen MR) is 82.1 cm³/mol. The third-order valence-corrected chi connectivity index (χ3v) is 5.21. The van der Waals surface area contributed by atoms with E-state index < -0.39 is 0 Å². The van der Waals surface area contributed by atoms with Gasteiger partial charge in [-0.15, -0.1) is 0 Å². The first-order valence-electron chi connectivity index (χ1n) is 8.26. The number of aromatic nitrogens is 1. The SMILES string of the molecule is O=C(C1CCOC1)N1C[C@@H]2CN(Cc3cccnc3)C(=O)[C@@H]2C1. The normalized spacial score (nSPS) is 30.1. The number of carbonyl (C=O) groups is 2. The lowest BCUT2D eigenvalue weighted by Gasteiger charge is -2.23. The van der Waals surface area contributed by atoms with E-state index in [0.717, 1.165) is 18.5 Å². The Bertz CT molecular complexity index is 600. The van der Waals surface area contributed by atoms with Crippen LogP contribution in [0.5, 0.6) is 0 Å². The van der Waals surface area contributed by atoms with E-state index in [1.54, 1.807) is 12.4 Å². The van der Waals surface area contributed by atoms with Gasteiger partial charge in [-0.2, -0.15) is 0 Å². The summed E-state index contributed by atoms with van der Waals surface area (Å²) >= 11 is 0. The molecule has 3 aliphatic heterocycles. The standard InChI is InChI=1S/C17H21N3O3/c21-16(13-3-5-23-11-13)20-9-14-8-19(17(22)15(14)10-20)7-12-2-1-4-18-6-12/h1-2,4,6,13-15H,3,5,7-11H2/t13?,14-,15+/m0/s1. The maximum absolute atomic E-state index is 12.6. The van der Waals surface area contributed by atoms with Crippen molar-refractivity contribution in [3.63, 3.8) is 0 Å². The topological polar surface area (TPSA) is 62.7 Å². The minimum atomic E-state index is -0.0297. The molecule has 6 heteroatoms. The molecule has 122 valence electrons. The van der Waals surface area contributed by atoms with Crippen LogP contribution in [0.2, 0.25) is 0 Å². The third kappa shape index (κ3) is 2.72. The number of fused-ring (bicyclic) bond motifs is 1. The molecule has 0 saturated carbocycles. The molecule has 4 rings (SSSR count). The summed E-state index contributed by atoms with van der Waals surface area (Å²) < 4.78 is 5.31. The summed E-state index contributed by atoms with van der Waals surface area (Å²) in [4.78, 5) is 33.0. The Hall–Kier alpha value is -1.95. The quantitative estimate of drug-likeness (QED) is 0.816. The van der Waals surface area contributed by atoms with Crippen LogP contribution in [0, 0.1) is 17.8 Å². The summed E-state index contributed by atoms with van der Waals surface area (Å²) in [6.07, 6.45) is 4.35. The molecule has 3 fully saturated rings. The zero-order chi connectivity index (χ0) is 15.8. The van der Waals surface area contributed by atoms with Crippen molar-refractivity contribution in [3.05, 3.63) is 30.1 Å². The lowest BCUT2D eigenvalue weighted by Crippen LogP contribution is -2.38. The minimum Gasteiger partial charge on any atom is -0.381 e. The highest BCUT2D eigenvalue weighted by molar-refractivity contribution is 5.85.